The first-order valence-corrected chi connectivity index (χ1v) is 10.7. The average Bonchev–Trinajstić information content (AvgIpc) is 2.73. The van der Waals surface area contributed by atoms with Gasteiger partial charge in [-0.05, 0) is 38.7 Å². The molecule has 1 aromatic carbocycles. The quantitative estimate of drug-likeness (QED) is 0.327. The molecular weight excluding hydrogens is 352 g/mol. The second-order valence-electron chi connectivity index (χ2n) is 7.30. The Labute approximate surface area is 169 Å². The number of benzene rings is 1. The largest absolute Gasteiger partial charge is 0.374 e. The summed E-state index contributed by atoms with van der Waals surface area (Å²) in [5.41, 5.74) is 1.19. The Bertz CT molecular complexity index is 585. The maximum atomic E-state index is 12.1. The molecule has 0 aliphatic heterocycles. The molecule has 0 bridgehead atoms. The summed E-state index contributed by atoms with van der Waals surface area (Å²) in [5.74, 6) is 0.682. The molecule has 0 heterocycles. The van der Waals surface area contributed by atoms with Crippen molar-refractivity contribution >= 4 is 11.9 Å². The van der Waals surface area contributed by atoms with Crippen molar-refractivity contribution < 1.29 is 9.53 Å². The van der Waals surface area contributed by atoms with E-state index in [-0.39, 0.29) is 18.6 Å². The molecule has 2 rings (SSSR count). The van der Waals surface area contributed by atoms with Crippen LogP contribution in [0.3, 0.4) is 0 Å². The smallest absolute Gasteiger partial charge is 0.242 e. The number of guanidine groups is 1. The molecule has 0 aromatic heterocycles. The molecule has 1 amide bonds. The van der Waals surface area contributed by atoms with E-state index in [4.69, 9.17) is 4.74 Å². The minimum atomic E-state index is 0.00382. The number of aliphatic imine (C=N–C) groups is 1. The second kappa shape index (κ2) is 13.2. The second-order valence-corrected chi connectivity index (χ2v) is 7.30. The predicted octanol–water partition coefficient (Wildman–Crippen LogP) is 3.16. The summed E-state index contributed by atoms with van der Waals surface area (Å²) >= 11 is 0. The maximum absolute atomic E-state index is 12.1. The van der Waals surface area contributed by atoms with Crippen LogP contribution < -0.4 is 16.0 Å². The molecule has 156 valence electrons. The van der Waals surface area contributed by atoms with Gasteiger partial charge in [-0.1, -0.05) is 49.6 Å². The Morgan fingerprint density at radius 2 is 1.93 bits per heavy atom. The minimum Gasteiger partial charge on any atom is -0.374 e. The van der Waals surface area contributed by atoms with E-state index in [0.717, 1.165) is 32.4 Å². The number of nitrogens with zero attached hydrogens (tertiary/aromatic N) is 1. The van der Waals surface area contributed by atoms with E-state index in [2.05, 4.69) is 40.0 Å². The summed E-state index contributed by atoms with van der Waals surface area (Å²) in [5, 5.41) is 9.56. The number of rotatable bonds is 10. The van der Waals surface area contributed by atoms with Gasteiger partial charge in [0.05, 0.1) is 6.10 Å². The van der Waals surface area contributed by atoms with Gasteiger partial charge in [-0.3, -0.25) is 4.79 Å². The third-order valence-corrected chi connectivity index (χ3v) is 4.95. The first kappa shape index (κ1) is 22.2. The van der Waals surface area contributed by atoms with Gasteiger partial charge in [-0.15, -0.1) is 0 Å². The van der Waals surface area contributed by atoms with Crippen LogP contribution in [0.15, 0.2) is 35.3 Å². The summed E-state index contributed by atoms with van der Waals surface area (Å²) in [6.07, 6.45) is 6.85. The van der Waals surface area contributed by atoms with Gasteiger partial charge in [0.2, 0.25) is 5.91 Å². The van der Waals surface area contributed by atoms with Crippen molar-refractivity contribution in [1.82, 2.24) is 16.0 Å². The standard InChI is InChI=1S/C22H36N4O2/c1-3-23-22(25-17-21(27)26-20-13-8-5-9-14-20)24-15-10-16-28-18(2)19-11-6-4-7-12-19/h4,6-7,11-12,18,20H,3,5,8-10,13-17H2,1-2H3,(H,26,27)(H2,23,24,25). The highest BCUT2D eigenvalue weighted by Gasteiger charge is 2.15. The lowest BCUT2D eigenvalue weighted by molar-refractivity contribution is -0.120. The molecular formula is C22H36N4O2. The minimum absolute atomic E-state index is 0.00382. The number of carbonyl (C=O) groups is 1. The van der Waals surface area contributed by atoms with Crippen LogP contribution in [0.2, 0.25) is 0 Å². The van der Waals surface area contributed by atoms with E-state index in [1.807, 2.05) is 25.1 Å². The lowest BCUT2D eigenvalue weighted by atomic mass is 9.95. The Morgan fingerprint density at radius 1 is 1.18 bits per heavy atom. The zero-order valence-electron chi connectivity index (χ0n) is 17.4. The van der Waals surface area contributed by atoms with E-state index >= 15 is 0 Å². The number of amides is 1. The highest BCUT2D eigenvalue weighted by atomic mass is 16.5. The highest BCUT2D eigenvalue weighted by molar-refractivity contribution is 5.85. The average molecular weight is 389 g/mol. The fraction of sp³-hybridized carbons (Fsp3) is 0.636. The van der Waals surface area contributed by atoms with Gasteiger partial charge in [0, 0.05) is 25.7 Å². The lowest BCUT2D eigenvalue weighted by Gasteiger charge is -2.22. The fourth-order valence-electron chi connectivity index (χ4n) is 3.37. The monoisotopic (exact) mass is 388 g/mol. The highest BCUT2D eigenvalue weighted by Crippen LogP contribution is 2.17. The molecule has 1 aliphatic carbocycles. The van der Waals surface area contributed by atoms with E-state index in [9.17, 15) is 4.79 Å². The zero-order chi connectivity index (χ0) is 20.0. The van der Waals surface area contributed by atoms with Gasteiger partial charge < -0.3 is 20.7 Å². The zero-order valence-corrected chi connectivity index (χ0v) is 17.4. The van der Waals surface area contributed by atoms with Gasteiger partial charge >= 0.3 is 0 Å². The molecule has 3 N–H and O–H groups in total. The van der Waals surface area contributed by atoms with Crippen LogP contribution in [-0.4, -0.2) is 44.1 Å². The SMILES string of the molecule is CCNC(=NCC(=O)NC1CCCCC1)NCCCOC(C)c1ccccc1. The number of hydrogen-bond donors (Lipinski definition) is 3. The molecule has 1 unspecified atom stereocenters. The first-order chi connectivity index (χ1) is 13.7. The predicted molar refractivity (Wildman–Crippen MR) is 114 cm³/mol. The molecule has 1 saturated carbocycles. The fourth-order valence-corrected chi connectivity index (χ4v) is 3.37. The van der Waals surface area contributed by atoms with E-state index in [1.165, 1.54) is 24.8 Å². The van der Waals surface area contributed by atoms with Crippen LogP contribution in [-0.2, 0) is 9.53 Å². The number of nitrogens with one attached hydrogen (secondary N) is 3. The van der Waals surface area contributed by atoms with Crippen LogP contribution in [0, 0.1) is 0 Å². The Morgan fingerprint density at radius 3 is 2.64 bits per heavy atom. The lowest BCUT2D eigenvalue weighted by Crippen LogP contribution is -2.41. The summed E-state index contributed by atoms with van der Waals surface area (Å²) < 4.78 is 5.89. The van der Waals surface area contributed by atoms with Gasteiger partial charge in [-0.25, -0.2) is 4.99 Å². The van der Waals surface area contributed by atoms with Crippen molar-refractivity contribution in [3.8, 4) is 0 Å². The van der Waals surface area contributed by atoms with Crippen LogP contribution in [0.1, 0.15) is 64.0 Å². The number of carbonyl (C=O) groups excluding carboxylic acids is 1. The molecule has 0 radical (unpaired) electrons. The van der Waals surface area contributed by atoms with Crippen LogP contribution in [0.4, 0.5) is 0 Å². The van der Waals surface area contributed by atoms with Crippen molar-refractivity contribution in [1.29, 1.82) is 0 Å². The molecule has 0 spiro atoms. The normalized spacial score (nSPS) is 16.4. The van der Waals surface area contributed by atoms with Crippen molar-refractivity contribution in [2.75, 3.05) is 26.2 Å². The van der Waals surface area contributed by atoms with Crippen LogP contribution >= 0.6 is 0 Å². The molecule has 1 aliphatic rings. The molecule has 6 nitrogen and oxygen atoms in total. The van der Waals surface area contributed by atoms with Crippen molar-refractivity contribution in [2.24, 2.45) is 4.99 Å². The molecule has 0 saturated heterocycles. The van der Waals surface area contributed by atoms with Crippen molar-refractivity contribution in [3.63, 3.8) is 0 Å². The summed E-state index contributed by atoms with van der Waals surface area (Å²) in [6, 6.07) is 10.6. The van der Waals surface area contributed by atoms with E-state index < -0.39 is 0 Å². The van der Waals surface area contributed by atoms with E-state index in [1.54, 1.807) is 0 Å². The van der Waals surface area contributed by atoms with E-state index in [0.29, 0.717) is 18.6 Å². The third-order valence-electron chi connectivity index (χ3n) is 4.95. The molecule has 28 heavy (non-hydrogen) atoms. The Kier molecular flexibility index (Phi) is 10.4. The third kappa shape index (κ3) is 8.74. The van der Waals surface area contributed by atoms with Gasteiger partial charge in [0.25, 0.3) is 0 Å². The Hall–Kier alpha value is -2.08. The summed E-state index contributed by atoms with van der Waals surface area (Å²) in [4.78, 5) is 16.5. The topological polar surface area (TPSA) is 74.8 Å². The van der Waals surface area contributed by atoms with Crippen molar-refractivity contribution in [3.05, 3.63) is 35.9 Å². The molecule has 1 aromatic rings. The van der Waals surface area contributed by atoms with Gasteiger partial charge in [-0.2, -0.15) is 0 Å². The molecule has 1 atom stereocenters. The number of ether oxygens (including phenoxy) is 1. The maximum Gasteiger partial charge on any atom is 0.242 e. The molecule has 1 fully saturated rings. The molecule has 6 heteroatoms. The summed E-state index contributed by atoms with van der Waals surface area (Å²) in [6.45, 7) is 6.43. The first-order valence-electron chi connectivity index (χ1n) is 10.7. The van der Waals surface area contributed by atoms with Crippen LogP contribution in [0.5, 0.6) is 0 Å². The van der Waals surface area contributed by atoms with Crippen LogP contribution in [0.25, 0.3) is 0 Å². The Balaban J connectivity index is 1.64. The van der Waals surface area contributed by atoms with Gasteiger partial charge in [0.15, 0.2) is 5.96 Å². The number of hydrogen-bond acceptors (Lipinski definition) is 3. The van der Waals surface area contributed by atoms with Gasteiger partial charge in [0.1, 0.15) is 6.54 Å². The van der Waals surface area contributed by atoms with Crippen molar-refractivity contribution in [2.45, 2.75) is 64.5 Å². The summed E-state index contributed by atoms with van der Waals surface area (Å²) in [7, 11) is 0.